The molecule has 122 valence electrons. The number of rotatable bonds is 7. The number of benzene rings is 1. The fourth-order valence-corrected chi connectivity index (χ4v) is 2.19. The van der Waals surface area contributed by atoms with Crippen molar-refractivity contribution in [3.8, 4) is 0 Å². The third kappa shape index (κ3) is 5.34. The summed E-state index contributed by atoms with van der Waals surface area (Å²) in [6.07, 6.45) is 0.869. The second-order valence-corrected chi connectivity index (χ2v) is 6.15. The van der Waals surface area contributed by atoms with E-state index in [1.54, 1.807) is 24.0 Å². The average molecular weight is 325 g/mol. The van der Waals surface area contributed by atoms with E-state index in [0.717, 1.165) is 12.0 Å². The lowest BCUT2D eigenvalue weighted by Crippen LogP contribution is -2.49. The summed E-state index contributed by atoms with van der Waals surface area (Å²) in [5.41, 5.74) is 0.952. The lowest BCUT2D eigenvalue weighted by Gasteiger charge is -2.30. The Hall–Kier alpha value is -1.55. The molecule has 0 saturated carbocycles. The van der Waals surface area contributed by atoms with Gasteiger partial charge in [-0.2, -0.15) is 0 Å². The van der Waals surface area contributed by atoms with Crippen molar-refractivity contribution in [2.45, 2.75) is 46.7 Å². The molecular weight excluding hydrogens is 300 g/mol. The van der Waals surface area contributed by atoms with Crippen LogP contribution in [0.25, 0.3) is 0 Å². The molecule has 1 N–H and O–H groups in total. The highest BCUT2D eigenvalue weighted by atomic mass is 35.5. The average Bonchev–Trinajstić information content (AvgIpc) is 2.50. The van der Waals surface area contributed by atoms with Crippen molar-refractivity contribution in [1.82, 2.24) is 10.2 Å². The second kappa shape index (κ2) is 8.79. The summed E-state index contributed by atoms with van der Waals surface area (Å²) in [6.45, 7) is 8.46. The van der Waals surface area contributed by atoms with Crippen molar-refractivity contribution < 1.29 is 9.59 Å². The fourth-order valence-electron chi connectivity index (χ4n) is 2.06. The Labute approximate surface area is 137 Å². The summed E-state index contributed by atoms with van der Waals surface area (Å²) in [4.78, 5) is 26.3. The molecule has 0 aromatic heterocycles. The Balaban J connectivity index is 2.90. The topological polar surface area (TPSA) is 49.4 Å². The predicted molar refractivity (Wildman–Crippen MR) is 89.6 cm³/mol. The molecule has 1 rings (SSSR count). The van der Waals surface area contributed by atoms with Crippen molar-refractivity contribution in [3.05, 3.63) is 34.9 Å². The summed E-state index contributed by atoms with van der Waals surface area (Å²) < 4.78 is 0. The van der Waals surface area contributed by atoms with Gasteiger partial charge in [0.05, 0.1) is 0 Å². The lowest BCUT2D eigenvalue weighted by molar-refractivity contribution is -0.143. The van der Waals surface area contributed by atoms with Gasteiger partial charge in [0, 0.05) is 24.0 Å². The lowest BCUT2D eigenvalue weighted by atomic mass is 10.1. The number of carbonyl (C=O) groups excluding carboxylic acids is 2. The molecule has 22 heavy (non-hydrogen) atoms. The summed E-state index contributed by atoms with van der Waals surface area (Å²) in [5, 5.41) is 3.50. The summed E-state index contributed by atoms with van der Waals surface area (Å²) in [6, 6.07) is 6.82. The van der Waals surface area contributed by atoms with Crippen LogP contribution in [-0.4, -0.2) is 29.3 Å². The summed E-state index contributed by atoms with van der Waals surface area (Å²) in [7, 11) is 0. The molecule has 0 aliphatic carbocycles. The first-order chi connectivity index (χ1) is 10.4. The maximum absolute atomic E-state index is 12.5. The standard InChI is InChI=1S/C17H25ClN2O2/c1-5-10-19-16(21)13(4)20(17(22)12(2)3)11-14-6-8-15(18)9-7-14/h6-9,12-13H,5,10-11H2,1-4H3,(H,19,21)/t13-/m0/s1. The van der Waals surface area contributed by atoms with Crippen LogP contribution in [-0.2, 0) is 16.1 Å². The number of halogens is 1. The first kappa shape index (κ1) is 18.5. The van der Waals surface area contributed by atoms with Crippen molar-refractivity contribution in [3.63, 3.8) is 0 Å². The maximum Gasteiger partial charge on any atom is 0.242 e. The third-order valence-corrected chi connectivity index (χ3v) is 3.69. The Kier molecular flexibility index (Phi) is 7.39. The van der Waals surface area contributed by atoms with Gasteiger partial charge in [0.1, 0.15) is 6.04 Å². The number of amides is 2. The Morgan fingerprint density at radius 1 is 1.18 bits per heavy atom. The van der Waals surface area contributed by atoms with Crippen molar-refractivity contribution in [2.24, 2.45) is 5.92 Å². The van der Waals surface area contributed by atoms with Crippen LogP contribution >= 0.6 is 11.6 Å². The first-order valence-electron chi connectivity index (χ1n) is 7.69. The molecule has 0 unspecified atom stereocenters. The zero-order chi connectivity index (χ0) is 16.7. The molecule has 0 heterocycles. The smallest absolute Gasteiger partial charge is 0.242 e. The molecule has 1 aromatic rings. The van der Waals surface area contributed by atoms with Crippen LogP contribution < -0.4 is 5.32 Å². The van der Waals surface area contributed by atoms with Crippen LogP contribution in [0.1, 0.15) is 39.7 Å². The predicted octanol–water partition coefficient (Wildman–Crippen LogP) is 3.24. The van der Waals surface area contributed by atoms with Gasteiger partial charge in [-0.1, -0.05) is 44.5 Å². The number of nitrogens with zero attached hydrogens (tertiary/aromatic N) is 1. The molecule has 0 saturated heterocycles. The van der Waals surface area contributed by atoms with Gasteiger partial charge in [0.25, 0.3) is 0 Å². The normalized spacial score (nSPS) is 12.1. The van der Waals surface area contributed by atoms with Gasteiger partial charge >= 0.3 is 0 Å². The highest BCUT2D eigenvalue weighted by Crippen LogP contribution is 2.15. The Morgan fingerprint density at radius 2 is 1.77 bits per heavy atom. The van der Waals surface area contributed by atoms with Crippen LogP contribution in [0, 0.1) is 5.92 Å². The van der Waals surface area contributed by atoms with E-state index in [9.17, 15) is 9.59 Å². The molecular formula is C17H25ClN2O2. The fraction of sp³-hybridized carbons (Fsp3) is 0.529. The van der Waals surface area contributed by atoms with Crippen LogP contribution in [0.15, 0.2) is 24.3 Å². The monoisotopic (exact) mass is 324 g/mol. The van der Waals surface area contributed by atoms with E-state index in [-0.39, 0.29) is 17.7 Å². The molecule has 0 spiro atoms. The van der Waals surface area contributed by atoms with Crippen LogP contribution in [0.4, 0.5) is 0 Å². The summed E-state index contributed by atoms with van der Waals surface area (Å²) >= 11 is 5.89. The molecule has 4 nitrogen and oxygen atoms in total. The molecule has 1 aromatic carbocycles. The largest absolute Gasteiger partial charge is 0.354 e. The van der Waals surface area contributed by atoms with E-state index >= 15 is 0 Å². The number of hydrogen-bond donors (Lipinski definition) is 1. The van der Waals surface area contributed by atoms with E-state index in [4.69, 9.17) is 11.6 Å². The highest BCUT2D eigenvalue weighted by Gasteiger charge is 2.27. The first-order valence-corrected chi connectivity index (χ1v) is 8.07. The second-order valence-electron chi connectivity index (χ2n) is 5.71. The number of nitrogens with one attached hydrogen (secondary N) is 1. The zero-order valence-electron chi connectivity index (χ0n) is 13.7. The van der Waals surface area contributed by atoms with Gasteiger partial charge in [-0.15, -0.1) is 0 Å². The van der Waals surface area contributed by atoms with E-state index in [1.165, 1.54) is 0 Å². The number of carbonyl (C=O) groups is 2. The molecule has 0 aliphatic heterocycles. The minimum absolute atomic E-state index is 0.0332. The van der Waals surface area contributed by atoms with Gasteiger partial charge < -0.3 is 10.2 Å². The van der Waals surface area contributed by atoms with E-state index in [1.807, 2.05) is 32.9 Å². The Bertz CT molecular complexity index is 500. The molecule has 0 radical (unpaired) electrons. The van der Waals surface area contributed by atoms with Crippen molar-refractivity contribution in [2.75, 3.05) is 6.54 Å². The van der Waals surface area contributed by atoms with E-state index in [2.05, 4.69) is 5.32 Å². The SMILES string of the molecule is CCCNC(=O)[C@H](C)N(Cc1ccc(Cl)cc1)C(=O)C(C)C. The van der Waals surface area contributed by atoms with Gasteiger partial charge in [-0.25, -0.2) is 0 Å². The zero-order valence-corrected chi connectivity index (χ0v) is 14.5. The van der Waals surface area contributed by atoms with Crippen LogP contribution in [0.3, 0.4) is 0 Å². The molecule has 1 atom stereocenters. The number of hydrogen-bond acceptors (Lipinski definition) is 2. The van der Waals surface area contributed by atoms with Crippen molar-refractivity contribution >= 4 is 23.4 Å². The maximum atomic E-state index is 12.5. The van der Waals surface area contributed by atoms with Crippen LogP contribution in [0.5, 0.6) is 0 Å². The minimum Gasteiger partial charge on any atom is -0.354 e. The van der Waals surface area contributed by atoms with Gasteiger partial charge in [0.2, 0.25) is 11.8 Å². The molecule has 0 bridgehead atoms. The van der Waals surface area contributed by atoms with E-state index in [0.29, 0.717) is 18.1 Å². The van der Waals surface area contributed by atoms with Gasteiger partial charge in [-0.3, -0.25) is 9.59 Å². The quantitative estimate of drug-likeness (QED) is 0.837. The highest BCUT2D eigenvalue weighted by molar-refractivity contribution is 6.30. The van der Waals surface area contributed by atoms with Gasteiger partial charge in [-0.05, 0) is 31.0 Å². The third-order valence-electron chi connectivity index (χ3n) is 3.44. The molecule has 5 heteroatoms. The van der Waals surface area contributed by atoms with Crippen LogP contribution in [0.2, 0.25) is 5.02 Å². The van der Waals surface area contributed by atoms with Gasteiger partial charge in [0.15, 0.2) is 0 Å². The van der Waals surface area contributed by atoms with E-state index < -0.39 is 6.04 Å². The Morgan fingerprint density at radius 3 is 2.27 bits per heavy atom. The molecule has 0 aliphatic rings. The minimum atomic E-state index is -0.503. The summed E-state index contributed by atoms with van der Waals surface area (Å²) in [5.74, 6) is -0.312. The van der Waals surface area contributed by atoms with Crippen molar-refractivity contribution in [1.29, 1.82) is 0 Å². The molecule has 0 fully saturated rings. The molecule has 2 amide bonds.